The van der Waals surface area contributed by atoms with Crippen LogP contribution in [0.25, 0.3) is 0 Å². The maximum atomic E-state index is 11.6. The van der Waals surface area contributed by atoms with E-state index in [1.54, 1.807) is 7.05 Å². The van der Waals surface area contributed by atoms with Crippen LogP contribution in [0.2, 0.25) is 0 Å². The lowest BCUT2D eigenvalue weighted by atomic mass is 10.1. The first-order valence-electron chi connectivity index (χ1n) is 4.62. The molecule has 0 aliphatic carbocycles. The summed E-state index contributed by atoms with van der Waals surface area (Å²) in [6.45, 7) is 1.86. The first-order chi connectivity index (χ1) is 6.25. The highest BCUT2D eigenvalue weighted by atomic mass is 16.2. The fourth-order valence-corrected chi connectivity index (χ4v) is 1.50. The Balaban J connectivity index is 2.41. The van der Waals surface area contributed by atoms with Crippen LogP contribution in [0.3, 0.4) is 0 Å². The minimum atomic E-state index is -0.0127. The predicted octanol–water partition coefficient (Wildman–Crippen LogP) is 1.05. The van der Waals surface area contributed by atoms with E-state index in [2.05, 4.69) is 0 Å². The van der Waals surface area contributed by atoms with Gasteiger partial charge < -0.3 is 9.80 Å². The monoisotopic (exact) mass is 181 g/mol. The van der Waals surface area contributed by atoms with Crippen molar-refractivity contribution in [2.24, 2.45) is 0 Å². The Hall–Kier alpha value is -1.24. The largest absolute Gasteiger partial charge is 0.325 e. The van der Waals surface area contributed by atoms with Crippen molar-refractivity contribution in [3.8, 4) is 6.07 Å². The van der Waals surface area contributed by atoms with Gasteiger partial charge in [0.2, 0.25) is 0 Å². The summed E-state index contributed by atoms with van der Waals surface area (Å²) in [4.78, 5) is 14.9. The molecule has 0 bridgehead atoms. The van der Waals surface area contributed by atoms with Gasteiger partial charge in [0.25, 0.3) is 0 Å². The molecule has 0 spiro atoms. The van der Waals surface area contributed by atoms with Gasteiger partial charge in [-0.3, -0.25) is 0 Å². The summed E-state index contributed by atoms with van der Waals surface area (Å²) in [7, 11) is 1.67. The normalized spacial score (nSPS) is 16.5. The van der Waals surface area contributed by atoms with Crippen LogP contribution in [0.1, 0.15) is 19.3 Å². The number of urea groups is 1. The number of rotatable bonds is 1. The predicted molar refractivity (Wildman–Crippen MR) is 49.1 cm³/mol. The molecule has 4 nitrogen and oxygen atoms in total. The second kappa shape index (κ2) is 4.70. The van der Waals surface area contributed by atoms with Crippen molar-refractivity contribution in [3.63, 3.8) is 0 Å². The molecule has 0 aromatic heterocycles. The lowest BCUT2D eigenvalue weighted by molar-refractivity contribution is 0.157. The standard InChI is InChI=1S/C9H15N3O/c1-11(8-5-10)9(13)12-6-3-2-4-7-12/h2-4,6-8H2,1H3. The Bertz CT molecular complexity index is 215. The topological polar surface area (TPSA) is 47.3 Å². The SMILES string of the molecule is CN(CC#N)C(=O)N1CCCCC1. The summed E-state index contributed by atoms with van der Waals surface area (Å²) >= 11 is 0. The number of nitriles is 1. The number of carbonyl (C=O) groups excluding carboxylic acids is 1. The molecule has 13 heavy (non-hydrogen) atoms. The molecule has 1 saturated heterocycles. The summed E-state index contributed by atoms with van der Waals surface area (Å²) in [5.41, 5.74) is 0. The average molecular weight is 181 g/mol. The molecular weight excluding hydrogens is 166 g/mol. The minimum absolute atomic E-state index is 0.0127. The summed E-state index contributed by atoms with van der Waals surface area (Å²) in [6.07, 6.45) is 3.39. The van der Waals surface area contributed by atoms with Gasteiger partial charge in [0.15, 0.2) is 0 Å². The lowest BCUT2D eigenvalue weighted by Gasteiger charge is -2.29. The van der Waals surface area contributed by atoms with Crippen molar-refractivity contribution in [1.82, 2.24) is 9.80 Å². The van der Waals surface area contributed by atoms with E-state index >= 15 is 0 Å². The molecule has 4 heteroatoms. The van der Waals surface area contributed by atoms with Crippen LogP contribution in [0.5, 0.6) is 0 Å². The number of likely N-dealkylation sites (tertiary alicyclic amines) is 1. The van der Waals surface area contributed by atoms with Gasteiger partial charge in [0.05, 0.1) is 6.07 Å². The van der Waals surface area contributed by atoms with Crippen molar-refractivity contribution >= 4 is 6.03 Å². The molecule has 2 amide bonds. The molecule has 0 aromatic carbocycles. The van der Waals surface area contributed by atoms with Gasteiger partial charge in [-0.15, -0.1) is 0 Å². The molecular formula is C9H15N3O. The molecule has 0 saturated carbocycles. The van der Waals surface area contributed by atoms with E-state index in [1.165, 1.54) is 11.3 Å². The summed E-state index contributed by atoms with van der Waals surface area (Å²) in [5.74, 6) is 0. The number of hydrogen-bond donors (Lipinski definition) is 0. The van der Waals surface area contributed by atoms with Gasteiger partial charge in [-0.1, -0.05) is 0 Å². The summed E-state index contributed by atoms with van der Waals surface area (Å²) in [6, 6.07) is 1.95. The average Bonchev–Trinajstić information content (AvgIpc) is 2.18. The Kier molecular flexibility index (Phi) is 3.56. The fraction of sp³-hybridized carbons (Fsp3) is 0.778. The van der Waals surface area contributed by atoms with Crippen LogP contribution in [0.15, 0.2) is 0 Å². The molecule has 0 aromatic rings. The number of hydrogen-bond acceptors (Lipinski definition) is 2. The van der Waals surface area contributed by atoms with Crippen molar-refractivity contribution in [2.75, 3.05) is 26.7 Å². The van der Waals surface area contributed by atoms with Crippen LogP contribution in [0, 0.1) is 11.3 Å². The van der Waals surface area contributed by atoms with Gasteiger partial charge >= 0.3 is 6.03 Å². The molecule has 0 atom stereocenters. The third-order valence-electron chi connectivity index (χ3n) is 2.26. The van der Waals surface area contributed by atoms with E-state index in [9.17, 15) is 4.79 Å². The molecule has 1 rings (SSSR count). The molecule has 1 heterocycles. The molecule has 0 N–H and O–H groups in total. The van der Waals surface area contributed by atoms with E-state index in [-0.39, 0.29) is 12.6 Å². The molecule has 72 valence electrons. The summed E-state index contributed by atoms with van der Waals surface area (Å²) in [5, 5.41) is 8.42. The first kappa shape index (κ1) is 9.85. The zero-order valence-corrected chi connectivity index (χ0v) is 7.99. The zero-order valence-electron chi connectivity index (χ0n) is 7.99. The number of piperidine rings is 1. The quantitative estimate of drug-likeness (QED) is 0.567. The maximum Gasteiger partial charge on any atom is 0.320 e. The Morgan fingerprint density at radius 2 is 2.08 bits per heavy atom. The molecule has 1 aliphatic heterocycles. The summed E-state index contributed by atoms with van der Waals surface area (Å²) < 4.78 is 0. The number of nitrogens with zero attached hydrogens (tertiary/aromatic N) is 3. The second-order valence-electron chi connectivity index (χ2n) is 3.34. The highest BCUT2D eigenvalue weighted by Crippen LogP contribution is 2.10. The first-order valence-corrected chi connectivity index (χ1v) is 4.62. The van der Waals surface area contributed by atoms with Crippen molar-refractivity contribution in [3.05, 3.63) is 0 Å². The van der Waals surface area contributed by atoms with Crippen LogP contribution in [-0.4, -0.2) is 42.5 Å². The molecule has 0 radical (unpaired) electrons. The van der Waals surface area contributed by atoms with Crippen molar-refractivity contribution in [1.29, 1.82) is 5.26 Å². The van der Waals surface area contributed by atoms with Gasteiger partial charge in [-0.2, -0.15) is 5.26 Å². The number of amides is 2. The van der Waals surface area contributed by atoms with Crippen LogP contribution in [0.4, 0.5) is 4.79 Å². The zero-order chi connectivity index (χ0) is 9.68. The highest BCUT2D eigenvalue weighted by molar-refractivity contribution is 5.74. The smallest absolute Gasteiger partial charge is 0.320 e. The van der Waals surface area contributed by atoms with E-state index in [0.717, 1.165) is 25.9 Å². The van der Waals surface area contributed by atoms with Crippen LogP contribution >= 0.6 is 0 Å². The van der Waals surface area contributed by atoms with Crippen molar-refractivity contribution < 1.29 is 4.79 Å². The van der Waals surface area contributed by atoms with E-state index in [4.69, 9.17) is 5.26 Å². The Labute approximate surface area is 78.7 Å². The molecule has 1 fully saturated rings. The lowest BCUT2D eigenvalue weighted by Crippen LogP contribution is -2.43. The molecule has 1 aliphatic rings. The number of carbonyl (C=O) groups is 1. The van der Waals surface area contributed by atoms with Gasteiger partial charge in [0.1, 0.15) is 6.54 Å². The van der Waals surface area contributed by atoms with Crippen LogP contribution < -0.4 is 0 Å². The van der Waals surface area contributed by atoms with E-state index < -0.39 is 0 Å². The maximum absolute atomic E-state index is 11.6. The van der Waals surface area contributed by atoms with Crippen molar-refractivity contribution in [2.45, 2.75) is 19.3 Å². The third-order valence-corrected chi connectivity index (χ3v) is 2.26. The Morgan fingerprint density at radius 3 is 2.62 bits per heavy atom. The van der Waals surface area contributed by atoms with Gasteiger partial charge in [-0.25, -0.2) is 4.79 Å². The van der Waals surface area contributed by atoms with Crippen LogP contribution in [-0.2, 0) is 0 Å². The minimum Gasteiger partial charge on any atom is -0.325 e. The highest BCUT2D eigenvalue weighted by Gasteiger charge is 2.19. The van der Waals surface area contributed by atoms with E-state index in [0.29, 0.717) is 0 Å². The Morgan fingerprint density at radius 1 is 1.46 bits per heavy atom. The van der Waals surface area contributed by atoms with Gasteiger partial charge in [-0.05, 0) is 19.3 Å². The second-order valence-corrected chi connectivity index (χ2v) is 3.34. The fourth-order valence-electron chi connectivity index (χ4n) is 1.50. The third kappa shape index (κ3) is 2.62. The molecule has 0 unspecified atom stereocenters. The van der Waals surface area contributed by atoms with Gasteiger partial charge in [0, 0.05) is 20.1 Å². The van der Waals surface area contributed by atoms with E-state index in [1.807, 2.05) is 11.0 Å².